The summed E-state index contributed by atoms with van der Waals surface area (Å²) in [6, 6.07) is 11.7. The molecule has 31 heavy (non-hydrogen) atoms. The maximum Gasteiger partial charge on any atom is 0.255 e. The quantitative estimate of drug-likeness (QED) is 0.541. The van der Waals surface area contributed by atoms with Crippen molar-refractivity contribution in [2.24, 2.45) is 0 Å². The van der Waals surface area contributed by atoms with Crippen LogP contribution in [0.25, 0.3) is 11.0 Å². The average molecular weight is 461 g/mol. The normalized spacial score (nSPS) is 14.3. The second kappa shape index (κ2) is 9.28. The molecule has 1 aromatic heterocycles. The van der Waals surface area contributed by atoms with Crippen LogP contribution in [0.5, 0.6) is 0 Å². The summed E-state index contributed by atoms with van der Waals surface area (Å²) in [7, 11) is 0. The Labute approximate surface area is 189 Å². The lowest BCUT2D eigenvalue weighted by molar-refractivity contribution is -0.129. The van der Waals surface area contributed by atoms with Gasteiger partial charge in [-0.2, -0.15) is 0 Å². The molecule has 0 bridgehead atoms. The van der Waals surface area contributed by atoms with Crippen LogP contribution in [0.1, 0.15) is 17.3 Å². The summed E-state index contributed by atoms with van der Waals surface area (Å²) in [4.78, 5) is 33.5. The van der Waals surface area contributed by atoms with Crippen molar-refractivity contribution in [3.05, 3.63) is 58.9 Å². The Morgan fingerprint density at radius 2 is 1.81 bits per heavy atom. The molecule has 0 N–H and O–H groups in total. The number of hydrogen-bond acceptors (Lipinski definition) is 4. The van der Waals surface area contributed by atoms with Crippen molar-refractivity contribution in [2.75, 3.05) is 31.9 Å². The van der Waals surface area contributed by atoms with Gasteiger partial charge in [0.1, 0.15) is 5.82 Å². The summed E-state index contributed by atoms with van der Waals surface area (Å²) < 4.78 is 15.3. The molecule has 3 aromatic rings. The Morgan fingerprint density at radius 1 is 1.10 bits per heavy atom. The van der Waals surface area contributed by atoms with Crippen molar-refractivity contribution < 1.29 is 14.0 Å². The van der Waals surface area contributed by atoms with E-state index in [1.807, 2.05) is 24.3 Å². The molecule has 0 radical (unpaired) electrons. The van der Waals surface area contributed by atoms with E-state index >= 15 is 0 Å². The van der Waals surface area contributed by atoms with E-state index in [0.29, 0.717) is 31.9 Å². The highest BCUT2D eigenvalue weighted by atomic mass is 35.5. The fourth-order valence-electron chi connectivity index (χ4n) is 3.68. The maximum atomic E-state index is 13.2. The first-order chi connectivity index (χ1) is 15.0. The number of benzene rings is 2. The van der Waals surface area contributed by atoms with Crippen LogP contribution in [0.4, 0.5) is 4.39 Å². The Kier molecular flexibility index (Phi) is 6.48. The SMILES string of the molecule is CCn1c(SCC(=O)N2CCN(C(=O)c3ccc(F)cc3Cl)CC2)nc2ccccc21. The first-order valence-electron chi connectivity index (χ1n) is 10.1. The van der Waals surface area contributed by atoms with E-state index in [-0.39, 0.29) is 22.4 Å². The lowest BCUT2D eigenvalue weighted by atomic mass is 10.1. The maximum absolute atomic E-state index is 13.2. The molecule has 0 spiro atoms. The molecule has 1 saturated heterocycles. The van der Waals surface area contributed by atoms with Crippen molar-refractivity contribution in [2.45, 2.75) is 18.6 Å². The average Bonchev–Trinajstić information content (AvgIpc) is 3.14. The van der Waals surface area contributed by atoms with Crippen molar-refractivity contribution in [1.29, 1.82) is 0 Å². The number of para-hydroxylation sites is 2. The molecular formula is C22H22ClFN4O2S. The molecule has 1 fully saturated rings. The number of imidazole rings is 1. The number of carbonyl (C=O) groups excluding carboxylic acids is 2. The highest BCUT2D eigenvalue weighted by molar-refractivity contribution is 7.99. The monoisotopic (exact) mass is 460 g/mol. The second-order valence-corrected chi connectivity index (χ2v) is 8.56. The fourth-order valence-corrected chi connectivity index (χ4v) is 4.91. The lowest BCUT2D eigenvalue weighted by Crippen LogP contribution is -2.51. The van der Waals surface area contributed by atoms with Gasteiger partial charge in [0, 0.05) is 32.7 Å². The zero-order valence-corrected chi connectivity index (χ0v) is 18.6. The molecular weight excluding hydrogens is 439 g/mol. The molecule has 6 nitrogen and oxygen atoms in total. The summed E-state index contributed by atoms with van der Waals surface area (Å²) in [5.74, 6) is -0.415. The van der Waals surface area contributed by atoms with Crippen LogP contribution in [0.3, 0.4) is 0 Å². The summed E-state index contributed by atoms with van der Waals surface area (Å²) in [5.41, 5.74) is 2.26. The van der Waals surface area contributed by atoms with Gasteiger partial charge in [0.15, 0.2) is 5.16 Å². The summed E-state index contributed by atoms with van der Waals surface area (Å²) in [6.45, 7) is 4.57. The zero-order valence-electron chi connectivity index (χ0n) is 17.1. The van der Waals surface area contributed by atoms with Crippen LogP contribution >= 0.6 is 23.4 Å². The van der Waals surface area contributed by atoms with Crippen LogP contribution in [0.15, 0.2) is 47.6 Å². The number of hydrogen-bond donors (Lipinski definition) is 0. The Hall–Kier alpha value is -2.58. The van der Waals surface area contributed by atoms with E-state index in [1.54, 1.807) is 9.80 Å². The van der Waals surface area contributed by atoms with E-state index in [4.69, 9.17) is 11.6 Å². The molecule has 162 valence electrons. The third kappa shape index (κ3) is 4.55. The molecule has 0 atom stereocenters. The highest BCUT2D eigenvalue weighted by Gasteiger charge is 2.26. The van der Waals surface area contributed by atoms with Gasteiger partial charge in [0.25, 0.3) is 5.91 Å². The van der Waals surface area contributed by atoms with E-state index in [0.717, 1.165) is 28.8 Å². The number of rotatable bonds is 5. The number of amides is 2. The first kappa shape index (κ1) is 21.6. The largest absolute Gasteiger partial charge is 0.338 e. The lowest BCUT2D eigenvalue weighted by Gasteiger charge is -2.35. The number of fused-ring (bicyclic) bond motifs is 1. The molecule has 2 heterocycles. The minimum absolute atomic E-state index is 0.0200. The number of carbonyl (C=O) groups is 2. The number of piperazine rings is 1. The molecule has 9 heteroatoms. The molecule has 2 amide bonds. The van der Waals surface area contributed by atoms with E-state index in [9.17, 15) is 14.0 Å². The Bertz CT molecular complexity index is 1130. The Balaban J connectivity index is 1.34. The second-order valence-electron chi connectivity index (χ2n) is 7.21. The van der Waals surface area contributed by atoms with E-state index < -0.39 is 5.82 Å². The van der Waals surface area contributed by atoms with Gasteiger partial charge >= 0.3 is 0 Å². The summed E-state index contributed by atoms with van der Waals surface area (Å²) in [5, 5.41) is 0.926. The van der Waals surface area contributed by atoms with Crippen LogP contribution < -0.4 is 0 Å². The van der Waals surface area contributed by atoms with Crippen molar-refractivity contribution >= 4 is 46.2 Å². The van der Waals surface area contributed by atoms with Crippen molar-refractivity contribution in [3.8, 4) is 0 Å². The van der Waals surface area contributed by atoms with Crippen LogP contribution in [0, 0.1) is 5.82 Å². The van der Waals surface area contributed by atoms with Crippen LogP contribution in [-0.4, -0.2) is 63.1 Å². The minimum Gasteiger partial charge on any atom is -0.338 e. The fraction of sp³-hybridized carbons (Fsp3) is 0.318. The number of halogens is 2. The molecule has 1 aliphatic rings. The van der Waals surface area contributed by atoms with E-state index in [2.05, 4.69) is 16.5 Å². The number of aryl methyl sites for hydroxylation is 1. The molecule has 0 unspecified atom stereocenters. The van der Waals surface area contributed by atoms with Gasteiger partial charge in [0.05, 0.1) is 27.4 Å². The minimum atomic E-state index is -0.480. The van der Waals surface area contributed by atoms with Gasteiger partial charge in [-0.3, -0.25) is 9.59 Å². The summed E-state index contributed by atoms with van der Waals surface area (Å²) >= 11 is 7.45. The molecule has 4 rings (SSSR count). The molecule has 1 aliphatic heterocycles. The van der Waals surface area contributed by atoms with Gasteiger partial charge < -0.3 is 14.4 Å². The molecule has 2 aromatic carbocycles. The van der Waals surface area contributed by atoms with Gasteiger partial charge in [-0.1, -0.05) is 35.5 Å². The standard InChI is InChI=1S/C22H22ClFN4O2S/c1-2-28-19-6-4-3-5-18(19)25-22(28)31-14-20(29)26-9-11-27(12-10-26)21(30)16-8-7-15(24)13-17(16)23/h3-8,13H,2,9-12,14H2,1H3. The Morgan fingerprint density at radius 3 is 2.52 bits per heavy atom. The molecule has 0 aliphatic carbocycles. The van der Waals surface area contributed by atoms with Gasteiger partial charge in [-0.15, -0.1) is 0 Å². The topological polar surface area (TPSA) is 58.4 Å². The third-order valence-corrected chi connectivity index (χ3v) is 6.62. The van der Waals surface area contributed by atoms with Crippen LogP contribution in [0.2, 0.25) is 5.02 Å². The number of aromatic nitrogens is 2. The third-order valence-electron chi connectivity index (χ3n) is 5.34. The predicted octanol–water partition coefficient (Wildman–Crippen LogP) is 3.93. The smallest absolute Gasteiger partial charge is 0.255 e. The summed E-state index contributed by atoms with van der Waals surface area (Å²) in [6.07, 6.45) is 0. The number of thioether (sulfide) groups is 1. The van der Waals surface area contributed by atoms with Gasteiger partial charge in [-0.25, -0.2) is 9.37 Å². The van der Waals surface area contributed by atoms with Crippen molar-refractivity contribution in [3.63, 3.8) is 0 Å². The predicted molar refractivity (Wildman–Crippen MR) is 120 cm³/mol. The molecule has 0 saturated carbocycles. The van der Waals surface area contributed by atoms with Gasteiger partial charge in [0.2, 0.25) is 5.91 Å². The first-order valence-corrected chi connectivity index (χ1v) is 11.4. The highest BCUT2D eigenvalue weighted by Crippen LogP contribution is 2.25. The van der Waals surface area contributed by atoms with E-state index in [1.165, 1.54) is 23.9 Å². The van der Waals surface area contributed by atoms with Crippen LogP contribution in [-0.2, 0) is 11.3 Å². The van der Waals surface area contributed by atoms with Gasteiger partial charge in [-0.05, 0) is 37.3 Å². The zero-order chi connectivity index (χ0) is 22.0. The van der Waals surface area contributed by atoms with Crippen molar-refractivity contribution in [1.82, 2.24) is 19.4 Å². The number of nitrogens with zero attached hydrogens (tertiary/aromatic N) is 4.